The molecule has 1 aromatic rings. The second-order valence-corrected chi connectivity index (χ2v) is 4.77. The van der Waals surface area contributed by atoms with Gasteiger partial charge in [0.2, 0.25) is 5.91 Å². The minimum absolute atomic E-state index is 0.00746. The molecule has 0 aromatic heterocycles. The van der Waals surface area contributed by atoms with Gasteiger partial charge in [0.25, 0.3) is 0 Å². The SMILES string of the molecule is O=C(CCl)N1CCc2c(Cl)ccc(Cl)c2C1. The van der Waals surface area contributed by atoms with Gasteiger partial charge in [0.15, 0.2) is 0 Å². The summed E-state index contributed by atoms with van der Waals surface area (Å²) in [6, 6.07) is 3.55. The van der Waals surface area contributed by atoms with Crippen molar-refractivity contribution in [3.8, 4) is 0 Å². The molecule has 0 radical (unpaired) electrons. The molecule has 0 fully saturated rings. The van der Waals surface area contributed by atoms with Gasteiger partial charge in [0.05, 0.1) is 0 Å². The van der Waals surface area contributed by atoms with Gasteiger partial charge >= 0.3 is 0 Å². The number of benzene rings is 1. The summed E-state index contributed by atoms with van der Waals surface area (Å²) in [4.78, 5) is 13.2. The molecule has 0 bridgehead atoms. The Balaban J connectivity index is 2.33. The van der Waals surface area contributed by atoms with Gasteiger partial charge in [-0.1, -0.05) is 23.2 Å². The smallest absolute Gasteiger partial charge is 0.237 e. The van der Waals surface area contributed by atoms with E-state index in [2.05, 4.69) is 0 Å². The van der Waals surface area contributed by atoms with Gasteiger partial charge in [-0.05, 0) is 29.7 Å². The molecule has 1 aliphatic heterocycles. The van der Waals surface area contributed by atoms with E-state index in [-0.39, 0.29) is 11.8 Å². The Bertz CT molecular complexity index is 433. The van der Waals surface area contributed by atoms with E-state index in [9.17, 15) is 4.79 Å². The lowest BCUT2D eigenvalue weighted by molar-refractivity contribution is -0.129. The number of hydrogen-bond donors (Lipinski definition) is 0. The molecule has 86 valence electrons. The highest BCUT2D eigenvalue weighted by molar-refractivity contribution is 6.34. The average Bonchev–Trinajstić information content (AvgIpc) is 2.32. The van der Waals surface area contributed by atoms with Crippen molar-refractivity contribution in [1.82, 2.24) is 4.90 Å². The maximum atomic E-state index is 11.5. The number of nitrogens with zero attached hydrogens (tertiary/aromatic N) is 1. The van der Waals surface area contributed by atoms with Gasteiger partial charge in [-0.3, -0.25) is 4.79 Å². The normalized spacial score (nSPS) is 14.8. The van der Waals surface area contributed by atoms with Crippen molar-refractivity contribution in [2.75, 3.05) is 12.4 Å². The maximum absolute atomic E-state index is 11.5. The molecule has 0 spiro atoms. The topological polar surface area (TPSA) is 20.3 Å². The van der Waals surface area contributed by atoms with Crippen molar-refractivity contribution in [2.24, 2.45) is 0 Å². The highest BCUT2D eigenvalue weighted by Crippen LogP contribution is 2.31. The summed E-state index contributed by atoms with van der Waals surface area (Å²) in [7, 11) is 0. The molecular weight excluding hydrogens is 268 g/mol. The molecule has 0 saturated heterocycles. The fraction of sp³-hybridized carbons (Fsp3) is 0.364. The van der Waals surface area contributed by atoms with Crippen LogP contribution in [0, 0.1) is 0 Å². The second-order valence-electron chi connectivity index (χ2n) is 3.69. The molecule has 1 amide bonds. The number of amides is 1. The minimum Gasteiger partial charge on any atom is -0.337 e. The van der Waals surface area contributed by atoms with E-state index >= 15 is 0 Å². The molecule has 16 heavy (non-hydrogen) atoms. The van der Waals surface area contributed by atoms with E-state index < -0.39 is 0 Å². The number of carbonyl (C=O) groups is 1. The molecule has 1 heterocycles. The minimum atomic E-state index is -0.0663. The van der Waals surface area contributed by atoms with Crippen molar-refractivity contribution in [3.63, 3.8) is 0 Å². The predicted molar refractivity (Wildman–Crippen MR) is 66.3 cm³/mol. The van der Waals surface area contributed by atoms with Gasteiger partial charge in [0.1, 0.15) is 5.88 Å². The van der Waals surface area contributed by atoms with Crippen LogP contribution >= 0.6 is 34.8 Å². The Hall–Kier alpha value is -0.440. The van der Waals surface area contributed by atoms with Gasteiger partial charge < -0.3 is 4.90 Å². The van der Waals surface area contributed by atoms with Crippen LogP contribution in [0.3, 0.4) is 0 Å². The highest BCUT2D eigenvalue weighted by atomic mass is 35.5. The zero-order chi connectivity index (χ0) is 11.7. The molecule has 0 unspecified atom stereocenters. The molecule has 1 aliphatic rings. The summed E-state index contributed by atoms with van der Waals surface area (Å²) >= 11 is 17.7. The molecule has 0 aliphatic carbocycles. The second kappa shape index (κ2) is 4.82. The van der Waals surface area contributed by atoms with Crippen LogP contribution in [0.15, 0.2) is 12.1 Å². The molecular formula is C11H10Cl3NO. The summed E-state index contributed by atoms with van der Waals surface area (Å²) < 4.78 is 0. The van der Waals surface area contributed by atoms with E-state index in [1.165, 1.54) is 0 Å². The first-order valence-corrected chi connectivity index (χ1v) is 6.22. The first-order valence-electron chi connectivity index (χ1n) is 4.93. The summed E-state index contributed by atoms with van der Waals surface area (Å²) in [5.41, 5.74) is 1.99. The summed E-state index contributed by atoms with van der Waals surface area (Å²) in [6.45, 7) is 1.15. The molecule has 0 N–H and O–H groups in total. The molecule has 0 saturated carbocycles. The Morgan fingerprint density at radius 1 is 1.25 bits per heavy atom. The van der Waals surface area contributed by atoms with Gasteiger partial charge in [0, 0.05) is 23.1 Å². The number of hydrogen-bond acceptors (Lipinski definition) is 1. The van der Waals surface area contributed by atoms with Crippen molar-refractivity contribution in [1.29, 1.82) is 0 Å². The van der Waals surface area contributed by atoms with Crippen molar-refractivity contribution < 1.29 is 4.79 Å². The summed E-state index contributed by atoms with van der Waals surface area (Å²) in [5.74, 6) is -0.0589. The third kappa shape index (κ3) is 2.15. The fourth-order valence-corrected chi connectivity index (χ4v) is 2.57. The Morgan fingerprint density at radius 2 is 1.88 bits per heavy atom. The van der Waals surface area contributed by atoms with Crippen LogP contribution in [0.5, 0.6) is 0 Å². The van der Waals surface area contributed by atoms with E-state index in [0.717, 1.165) is 22.6 Å². The first kappa shape index (κ1) is 12.0. The van der Waals surface area contributed by atoms with Crippen LogP contribution in [0.2, 0.25) is 10.0 Å². The molecule has 2 nitrogen and oxygen atoms in total. The predicted octanol–water partition coefficient (Wildman–Crippen LogP) is 3.12. The van der Waals surface area contributed by atoms with Gasteiger partial charge in [-0.25, -0.2) is 0 Å². The average molecular weight is 279 g/mol. The van der Waals surface area contributed by atoms with Crippen molar-refractivity contribution in [3.05, 3.63) is 33.3 Å². The molecule has 5 heteroatoms. The molecule has 0 atom stereocenters. The Labute approximate surface area is 109 Å². The zero-order valence-electron chi connectivity index (χ0n) is 8.47. The maximum Gasteiger partial charge on any atom is 0.237 e. The quantitative estimate of drug-likeness (QED) is 0.723. The number of rotatable bonds is 1. The number of alkyl halides is 1. The lowest BCUT2D eigenvalue weighted by atomic mass is 9.99. The molecule has 2 rings (SSSR count). The number of fused-ring (bicyclic) bond motifs is 1. The monoisotopic (exact) mass is 277 g/mol. The molecule has 1 aromatic carbocycles. The van der Waals surface area contributed by atoms with E-state index in [1.807, 2.05) is 0 Å². The van der Waals surface area contributed by atoms with Crippen LogP contribution in [-0.2, 0) is 17.8 Å². The Kier molecular flexibility index (Phi) is 3.63. The summed E-state index contributed by atoms with van der Waals surface area (Å²) in [5, 5.41) is 1.38. The fourth-order valence-electron chi connectivity index (χ4n) is 1.89. The van der Waals surface area contributed by atoms with Crippen LogP contribution in [0.4, 0.5) is 0 Å². The van der Waals surface area contributed by atoms with Gasteiger partial charge in [-0.2, -0.15) is 0 Å². The van der Waals surface area contributed by atoms with Crippen molar-refractivity contribution in [2.45, 2.75) is 13.0 Å². The first-order chi connectivity index (χ1) is 7.63. The highest BCUT2D eigenvalue weighted by Gasteiger charge is 2.23. The number of halogens is 3. The van der Waals surface area contributed by atoms with Gasteiger partial charge in [-0.15, -0.1) is 11.6 Å². The van der Waals surface area contributed by atoms with Crippen LogP contribution in [-0.4, -0.2) is 23.2 Å². The standard InChI is InChI=1S/C11H10Cl3NO/c12-5-11(16)15-4-3-7-8(6-15)10(14)2-1-9(7)13/h1-2H,3-6H2. The van der Waals surface area contributed by atoms with E-state index in [4.69, 9.17) is 34.8 Å². The third-order valence-electron chi connectivity index (χ3n) is 2.76. The van der Waals surface area contributed by atoms with Crippen LogP contribution in [0.25, 0.3) is 0 Å². The third-order valence-corrected chi connectivity index (χ3v) is 3.70. The lowest BCUT2D eigenvalue weighted by Crippen LogP contribution is -2.36. The van der Waals surface area contributed by atoms with Crippen molar-refractivity contribution >= 4 is 40.7 Å². The van der Waals surface area contributed by atoms with Crippen LogP contribution < -0.4 is 0 Å². The number of carbonyl (C=O) groups excluding carboxylic acids is 1. The Morgan fingerprint density at radius 3 is 2.50 bits per heavy atom. The van der Waals surface area contributed by atoms with E-state index in [0.29, 0.717) is 18.1 Å². The summed E-state index contributed by atoms with van der Waals surface area (Å²) in [6.07, 6.45) is 0.733. The largest absolute Gasteiger partial charge is 0.337 e. The zero-order valence-corrected chi connectivity index (χ0v) is 10.7. The van der Waals surface area contributed by atoms with E-state index in [1.54, 1.807) is 17.0 Å². The van der Waals surface area contributed by atoms with Crippen LogP contribution in [0.1, 0.15) is 11.1 Å². The lowest BCUT2D eigenvalue weighted by Gasteiger charge is -2.29.